The molecule has 0 spiro atoms. The number of aliphatic carboxylic acids is 1. The number of benzene rings is 1. The number of carbonyl (C=O) groups is 2. The molecule has 4 N–H and O–H groups in total. The van der Waals surface area contributed by atoms with E-state index >= 15 is 0 Å². The van der Waals surface area contributed by atoms with Gasteiger partial charge in [0.25, 0.3) is 0 Å². The predicted octanol–water partition coefficient (Wildman–Crippen LogP) is 0.385. The molecule has 0 aliphatic heterocycles. The van der Waals surface area contributed by atoms with Crippen molar-refractivity contribution in [3.63, 3.8) is 0 Å². The standard InChI is InChI=1S/C13H14N4O4/c18-10-4-1-8(2-5-10)12(13(20)21)15-11(19)6-3-9-7-14-17-16-9/h1-2,4-5,7,12,18H,3,6H2,(H,15,19)(H,20,21)(H,14,16,17)/t12-/m1/s1. The second-order valence-electron chi connectivity index (χ2n) is 4.39. The van der Waals surface area contributed by atoms with Crippen LogP contribution in [-0.2, 0) is 16.0 Å². The van der Waals surface area contributed by atoms with E-state index in [0.717, 1.165) is 0 Å². The van der Waals surface area contributed by atoms with E-state index in [1.807, 2.05) is 0 Å². The fourth-order valence-electron chi connectivity index (χ4n) is 1.77. The zero-order valence-corrected chi connectivity index (χ0v) is 11.0. The molecular weight excluding hydrogens is 276 g/mol. The Kier molecular flexibility index (Phi) is 4.50. The third-order valence-electron chi connectivity index (χ3n) is 2.85. The number of amides is 1. The predicted molar refractivity (Wildman–Crippen MR) is 71.3 cm³/mol. The molecule has 0 bridgehead atoms. The number of aromatic hydroxyl groups is 1. The summed E-state index contributed by atoms with van der Waals surface area (Å²) >= 11 is 0. The number of H-pyrrole nitrogens is 1. The number of carboxylic acid groups (broad SMARTS) is 1. The summed E-state index contributed by atoms with van der Waals surface area (Å²) in [5, 5.41) is 30.7. The van der Waals surface area contributed by atoms with Crippen molar-refractivity contribution in [1.82, 2.24) is 20.7 Å². The maximum Gasteiger partial charge on any atom is 0.330 e. The van der Waals surface area contributed by atoms with Crippen LogP contribution < -0.4 is 5.32 Å². The van der Waals surface area contributed by atoms with Crippen LogP contribution in [0.1, 0.15) is 23.7 Å². The van der Waals surface area contributed by atoms with Crippen LogP contribution in [0.2, 0.25) is 0 Å². The summed E-state index contributed by atoms with van der Waals surface area (Å²) in [7, 11) is 0. The van der Waals surface area contributed by atoms with Gasteiger partial charge in [0, 0.05) is 12.8 Å². The number of phenolic OH excluding ortho intramolecular Hbond substituents is 1. The van der Waals surface area contributed by atoms with E-state index in [4.69, 9.17) is 0 Å². The van der Waals surface area contributed by atoms with Crippen molar-refractivity contribution in [2.75, 3.05) is 0 Å². The van der Waals surface area contributed by atoms with Gasteiger partial charge in [0.05, 0.1) is 11.9 Å². The van der Waals surface area contributed by atoms with E-state index in [2.05, 4.69) is 20.7 Å². The molecular formula is C13H14N4O4. The van der Waals surface area contributed by atoms with Gasteiger partial charge < -0.3 is 15.5 Å². The average molecular weight is 290 g/mol. The molecule has 0 fully saturated rings. The van der Waals surface area contributed by atoms with Gasteiger partial charge in [-0.25, -0.2) is 4.79 Å². The van der Waals surface area contributed by atoms with Crippen LogP contribution in [0, 0.1) is 0 Å². The Morgan fingerprint density at radius 3 is 2.57 bits per heavy atom. The Morgan fingerprint density at radius 1 is 1.29 bits per heavy atom. The third kappa shape index (κ3) is 4.03. The number of nitrogens with zero attached hydrogens (tertiary/aromatic N) is 2. The van der Waals surface area contributed by atoms with Crippen LogP contribution in [0.5, 0.6) is 5.75 Å². The van der Waals surface area contributed by atoms with E-state index in [1.54, 1.807) is 0 Å². The number of phenols is 1. The minimum Gasteiger partial charge on any atom is -0.508 e. The smallest absolute Gasteiger partial charge is 0.330 e. The van der Waals surface area contributed by atoms with Gasteiger partial charge in [-0.15, -0.1) is 0 Å². The Morgan fingerprint density at radius 2 is 2.00 bits per heavy atom. The Balaban J connectivity index is 1.97. The minimum absolute atomic E-state index is 0.0280. The fraction of sp³-hybridized carbons (Fsp3) is 0.231. The summed E-state index contributed by atoms with van der Waals surface area (Å²) in [6.45, 7) is 0. The van der Waals surface area contributed by atoms with Crippen molar-refractivity contribution < 1.29 is 19.8 Å². The first-order valence-electron chi connectivity index (χ1n) is 6.22. The molecule has 0 saturated carbocycles. The van der Waals surface area contributed by atoms with Crippen molar-refractivity contribution in [3.8, 4) is 5.75 Å². The molecule has 110 valence electrons. The number of nitrogens with one attached hydrogen (secondary N) is 2. The molecule has 2 aromatic rings. The largest absolute Gasteiger partial charge is 0.508 e. The molecule has 8 nitrogen and oxygen atoms in total. The van der Waals surface area contributed by atoms with E-state index in [-0.39, 0.29) is 12.2 Å². The van der Waals surface area contributed by atoms with Gasteiger partial charge in [0.15, 0.2) is 6.04 Å². The highest BCUT2D eigenvalue weighted by Gasteiger charge is 2.21. The Labute approximate surface area is 119 Å². The summed E-state index contributed by atoms with van der Waals surface area (Å²) in [4.78, 5) is 23.1. The zero-order chi connectivity index (χ0) is 15.2. The summed E-state index contributed by atoms with van der Waals surface area (Å²) in [5.41, 5.74) is 1.01. The van der Waals surface area contributed by atoms with Gasteiger partial charge >= 0.3 is 5.97 Å². The molecule has 8 heteroatoms. The molecule has 1 amide bonds. The molecule has 0 saturated heterocycles. The highest BCUT2D eigenvalue weighted by atomic mass is 16.4. The fourth-order valence-corrected chi connectivity index (χ4v) is 1.77. The van der Waals surface area contributed by atoms with E-state index in [1.165, 1.54) is 30.5 Å². The second kappa shape index (κ2) is 6.51. The number of aromatic amines is 1. The zero-order valence-electron chi connectivity index (χ0n) is 11.0. The van der Waals surface area contributed by atoms with Crippen molar-refractivity contribution in [3.05, 3.63) is 41.7 Å². The van der Waals surface area contributed by atoms with Crippen LogP contribution in [0.4, 0.5) is 0 Å². The summed E-state index contributed by atoms with van der Waals surface area (Å²) in [6.07, 6.45) is 1.97. The van der Waals surface area contributed by atoms with Crippen LogP contribution in [0.3, 0.4) is 0 Å². The number of carboxylic acids is 1. The molecule has 0 unspecified atom stereocenters. The number of aromatic nitrogens is 3. The highest BCUT2D eigenvalue weighted by molar-refractivity contribution is 5.84. The first-order chi connectivity index (χ1) is 10.1. The summed E-state index contributed by atoms with van der Waals surface area (Å²) in [6, 6.07) is 4.48. The summed E-state index contributed by atoms with van der Waals surface area (Å²) < 4.78 is 0. The van der Waals surface area contributed by atoms with Gasteiger partial charge in [-0.3, -0.25) is 4.79 Å². The maximum absolute atomic E-state index is 11.8. The molecule has 0 aliphatic carbocycles. The van der Waals surface area contributed by atoms with Gasteiger partial charge in [0.1, 0.15) is 5.75 Å². The molecule has 2 rings (SSSR count). The lowest BCUT2D eigenvalue weighted by molar-refractivity contribution is -0.142. The first-order valence-corrected chi connectivity index (χ1v) is 6.22. The van der Waals surface area contributed by atoms with Gasteiger partial charge in [0.2, 0.25) is 5.91 Å². The van der Waals surface area contributed by atoms with Crippen molar-refractivity contribution in [1.29, 1.82) is 0 Å². The lowest BCUT2D eigenvalue weighted by atomic mass is 10.1. The number of hydrogen-bond acceptors (Lipinski definition) is 5. The molecule has 1 heterocycles. The Hall–Kier alpha value is -2.90. The number of hydrogen-bond donors (Lipinski definition) is 4. The lowest BCUT2D eigenvalue weighted by Gasteiger charge is -2.14. The third-order valence-corrected chi connectivity index (χ3v) is 2.85. The first kappa shape index (κ1) is 14.5. The SMILES string of the molecule is O=C(CCc1cn[nH]n1)N[C@@H](C(=O)O)c1ccc(O)cc1. The van der Waals surface area contributed by atoms with Crippen LogP contribution in [0.15, 0.2) is 30.5 Å². The minimum atomic E-state index is -1.17. The quantitative estimate of drug-likeness (QED) is 0.609. The van der Waals surface area contributed by atoms with Gasteiger partial charge in [-0.05, 0) is 17.7 Å². The van der Waals surface area contributed by atoms with E-state index in [9.17, 15) is 19.8 Å². The molecule has 1 aromatic carbocycles. The molecule has 0 aliphatic rings. The number of carbonyl (C=O) groups excluding carboxylic acids is 1. The molecule has 0 radical (unpaired) electrons. The lowest BCUT2D eigenvalue weighted by Crippen LogP contribution is -2.33. The van der Waals surface area contributed by atoms with Crippen molar-refractivity contribution in [2.24, 2.45) is 0 Å². The van der Waals surface area contributed by atoms with Crippen molar-refractivity contribution >= 4 is 11.9 Å². The van der Waals surface area contributed by atoms with Crippen LogP contribution in [-0.4, -0.2) is 37.5 Å². The summed E-state index contributed by atoms with van der Waals surface area (Å²) in [5.74, 6) is -1.55. The van der Waals surface area contributed by atoms with E-state index in [0.29, 0.717) is 17.7 Å². The molecule has 21 heavy (non-hydrogen) atoms. The van der Waals surface area contributed by atoms with Gasteiger partial charge in [-0.2, -0.15) is 15.4 Å². The maximum atomic E-state index is 11.8. The molecule has 1 atom stereocenters. The van der Waals surface area contributed by atoms with Crippen molar-refractivity contribution in [2.45, 2.75) is 18.9 Å². The van der Waals surface area contributed by atoms with Crippen LogP contribution in [0.25, 0.3) is 0 Å². The number of aryl methyl sites for hydroxylation is 1. The second-order valence-corrected chi connectivity index (χ2v) is 4.39. The van der Waals surface area contributed by atoms with Crippen LogP contribution >= 0.6 is 0 Å². The Bertz CT molecular complexity index is 610. The number of rotatable bonds is 6. The van der Waals surface area contributed by atoms with E-state index < -0.39 is 17.9 Å². The average Bonchev–Trinajstić information content (AvgIpc) is 2.97. The highest BCUT2D eigenvalue weighted by Crippen LogP contribution is 2.17. The van der Waals surface area contributed by atoms with Gasteiger partial charge in [-0.1, -0.05) is 12.1 Å². The topological polar surface area (TPSA) is 128 Å². The normalized spacial score (nSPS) is 11.8. The monoisotopic (exact) mass is 290 g/mol. The molecule has 1 aromatic heterocycles.